The van der Waals surface area contributed by atoms with Crippen LogP contribution in [0.1, 0.15) is 19.8 Å². The Morgan fingerprint density at radius 3 is 2.76 bits per heavy atom. The van der Waals surface area contributed by atoms with Crippen LogP contribution in [0.4, 0.5) is 10.1 Å². The standard InChI is InChI=1S/C18H21ClFNO7S/c1-2-25-11-26-17(22)13-10-18(27-7-8-28-18)6-5-16(13)29(23,24)21-15-4-3-12(20)9-14(15)19/h3-4,9-10,16,21H,2,5-8,11H2,1H3. The monoisotopic (exact) mass is 449 g/mol. The quantitative estimate of drug-likeness (QED) is 0.388. The molecule has 0 saturated carbocycles. The summed E-state index contributed by atoms with van der Waals surface area (Å²) < 4.78 is 62.8. The van der Waals surface area contributed by atoms with Crippen molar-refractivity contribution in [3.05, 3.63) is 40.7 Å². The van der Waals surface area contributed by atoms with Crippen molar-refractivity contribution < 1.29 is 36.6 Å². The number of ether oxygens (including phenoxy) is 4. The third-order valence-corrected chi connectivity index (χ3v) is 6.58. The van der Waals surface area contributed by atoms with Gasteiger partial charge in [-0.1, -0.05) is 11.6 Å². The Morgan fingerprint density at radius 2 is 2.10 bits per heavy atom. The molecule has 0 amide bonds. The molecule has 1 spiro atoms. The summed E-state index contributed by atoms with van der Waals surface area (Å²) in [6.07, 6.45) is 1.63. The number of anilines is 1. The van der Waals surface area contributed by atoms with Gasteiger partial charge in [0.1, 0.15) is 11.1 Å². The molecule has 160 valence electrons. The van der Waals surface area contributed by atoms with Crippen molar-refractivity contribution in [3.63, 3.8) is 0 Å². The summed E-state index contributed by atoms with van der Waals surface area (Å²) in [5.41, 5.74) is -0.118. The highest BCUT2D eigenvalue weighted by atomic mass is 35.5. The van der Waals surface area contributed by atoms with E-state index in [1.54, 1.807) is 6.92 Å². The topological polar surface area (TPSA) is 100 Å². The lowest BCUT2D eigenvalue weighted by molar-refractivity contribution is -0.154. The van der Waals surface area contributed by atoms with Gasteiger partial charge >= 0.3 is 5.97 Å². The van der Waals surface area contributed by atoms with Crippen molar-refractivity contribution in [2.24, 2.45) is 0 Å². The first-order valence-electron chi connectivity index (χ1n) is 8.98. The molecule has 1 aromatic rings. The molecule has 2 aliphatic rings. The van der Waals surface area contributed by atoms with E-state index in [2.05, 4.69) is 4.72 Å². The minimum atomic E-state index is -4.12. The molecule has 1 aliphatic carbocycles. The fraction of sp³-hybridized carbons (Fsp3) is 0.500. The van der Waals surface area contributed by atoms with Gasteiger partial charge in [0.25, 0.3) is 0 Å². The molecule has 1 aromatic carbocycles. The number of nitrogens with one attached hydrogen (secondary N) is 1. The second-order valence-electron chi connectivity index (χ2n) is 6.45. The number of halogens is 2. The maximum absolute atomic E-state index is 13.2. The normalized spacial score (nSPS) is 21.1. The van der Waals surface area contributed by atoms with Gasteiger partial charge in [-0.05, 0) is 37.6 Å². The van der Waals surface area contributed by atoms with Crippen LogP contribution in [-0.2, 0) is 33.8 Å². The number of hydrogen-bond acceptors (Lipinski definition) is 7. The van der Waals surface area contributed by atoms with Crippen LogP contribution in [0.3, 0.4) is 0 Å². The zero-order valence-electron chi connectivity index (χ0n) is 15.7. The Bertz CT molecular complexity index is 899. The van der Waals surface area contributed by atoms with E-state index in [-0.39, 0.29) is 35.9 Å². The van der Waals surface area contributed by atoms with Crippen molar-refractivity contribution >= 4 is 33.3 Å². The maximum atomic E-state index is 13.2. The molecule has 1 saturated heterocycles. The summed E-state index contributed by atoms with van der Waals surface area (Å²) in [6, 6.07) is 3.27. The Kier molecular flexibility index (Phi) is 6.79. The van der Waals surface area contributed by atoms with Crippen LogP contribution < -0.4 is 4.72 Å². The molecule has 1 heterocycles. The first-order valence-corrected chi connectivity index (χ1v) is 10.9. The largest absolute Gasteiger partial charge is 0.435 e. The molecule has 1 fully saturated rings. The smallest absolute Gasteiger partial charge is 0.337 e. The average molecular weight is 450 g/mol. The van der Waals surface area contributed by atoms with Crippen molar-refractivity contribution in [2.75, 3.05) is 31.3 Å². The molecule has 1 unspecified atom stereocenters. The van der Waals surface area contributed by atoms with Gasteiger partial charge in [-0.15, -0.1) is 0 Å². The number of benzene rings is 1. The minimum absolute atomic E-state index is 0.00348. The third kappa shape index (κ3) is 5.07. The summed E-state index contributed by atoms with van der Waals surface area (Å²) >= 11 is 5.93. The summed E-state index contributed by atoms with van der Waals surface area (Å²) in [5.74, 6) is -2.61. The van der Waals surface area contributed by atoms with E-state index in [0.717, 1.165) is 12.1 Å². The van der Waals surface area contributed by atoms with Gasteiger partial charge in [-0.2, -0.15) is 0 Å². The zero-order valence-corrected chi connectivity index (χ0v) is 17.2. The fourth-order valence-electron chi connectivity index (χ4n) is 3.16. The van der Waals surface area contributed by atoms with E-state index in [9.17, 15) is 17.6 Å². The second kappa shape index (κ2) is 8.97. The Balaban J connectivity index is 1.89. The summed E-state index contributed by atoms with van der Waals surface area (Å²) in [6.45, 7) is 2.41. The highest BCUT2D eigenvalue weighted by Crippen LogP contribution is 2.38. The number of esters is 1. The molecular formula is C18H21ClFNO7S. The molecule has 8 nitrogen and oxygen atoms in total. The summed E-state index contributed by atoms with van der Waals surface area (Å²) in [5, 5.41) is -1.34. The molecule has 1 atom stereocenters. The van der Waals surface area contributed by atoms with E-state index < -0.39 is 32.8 Å². The molecule has 0 aromatic heterocycles. The van der Waals surface area contributed by atoms with E-state index in [1.165, 1.54) is 12.1 Å². The lowest BCUT2D eigenvalue weighted by atomic mass is 9.94. The van der Waals surface area contributed by atoms with Crippen molar-refractivity contribution in [3.8, 4) is 0 Å². The Labute approximate surface area is 173 Å². The van der Waals surface area contributed by atoms with Crippen LogP contribution in [0, 0.1) is 5.82 Å². The predicted molar refractivity (Wildman–Crippen MR) is 102 cm³/mol. The highest BCUT2D eigenvalue weighted by Gasteiger charge is 2.46. The summed E-state index contributed by atoms with van der Waals surface area (Å²) in [7, 11) is -4.12. The van der Waals surface area contributed by atoms with E-state index in [0.29, 0.717) is 19.8 Å². The zero-order chi connectivity index (χ0) is 21.1. The van der Waals surface area contributed by atoms with Crippen LogP contribution >= 0.6 is 11.6 Å². The molecule has 0 radical (unpaired) electrons. The van der Waals surface area contributed by atoms with Gasteiger partial charge in [-0.3, -0.25) is 4.72 Å². The Morgan fingerprint density at radius 1 is 1.38 bits per heavy atom. The minimum Gasteiger partial charge on any atom is -0.435 e. The summed E-state index contributed by atoms with van der Waals surface area (Å²) in [4.78, 5) is 12.6. The number of carbonyl (C=O) groups is 1. The fourth-order valence-corrected chi connectivity index (χ4v) is 4.98. The van der Waals surface area contributed by atoms with Crippen LogP contribution in [-0.4, -0.2) is 52.0 Å². The van der Waals surface area contributed by atoms with Gasteiger partial charge < -0.3 is 18.9 Å². The maximum Gasteiger partial charge on any atom is 0.337 e. The van der Waals surface area contributed by atoms with E-state index in [1.807, 2.05) is 0 Å². The number of hydrogen-bond donors (Lipinski definition) is 1. The molecule has 1 N–H and O–H groups in total. The van der Waals surface area contributed by atoms with Gasteiger partial charge in [0, 0.05) is 13.0 Å². The molecule has 29 heavy (non-hydrogen) atoms. The van der Waals surface area contributed by atoms with Crippen LogP contribution in [0.5, 0.6) is 0 Å². The molecule has 0 bridgehead atoms. The second-order valence-corrected chi connectivity index (χ2v) is 8.72. The van der Waals surface area contributed by atoms with Crippen LogP contribution in [0.15, 0.2) is 29.8 Å². The van der Waals surface area contributed by atoms with Crippen molar-refractivity contribution in [1.29, 1.82) is 0 Å². The average Bonchev–Trinajstić information content (AvgIpc) is 3.11. The first kappa shape index (κ1) is 22.0. The lowest BCUT2D eigenvalue weighted by Gasteiger charge is -2.33. The highest BCUT2D eigenvalue weighted by molar-refractivity contribution is 7.93. The Hall–Kier alpha value is -1.72. The number of rotatable bonds is 7. The molecule has 11 heteroatoms. The predicted octanol–water partition coefficient (Wildman–Crippen LogP) is 2.59. The molecule has 1 aliphatic heterocycles. The third-order valence-electron chi connectivity index (χ3n) is 4.52. The van der Waals surface area contributed by atoms with Crippen molar-refractivity contribution in [2.45, 2.75) is 30.8 Å². The SMILES string of the molecule is CCOCOC(=O)C1=CC2(CCC1S(=O)(=O)Nc1ccc(F)cc1Cl)OCCO2. The van der Waals surface area contributed by atoms with Crippen LogP contribution in [0.25, 0.3) is 0 Å². The lowest BCUT2D eigenvalue weighted by Crippen LogP contribution is -2.42. The number of carbonyl (C=O) groups excluding carboxylic acids is 1. The first-order chi connectivity index (χ1) is 13.8. The van der Waals surface area contributed by atoms with Gasteiger partial charge in [0.15, 0.2) is 12.6 Å². The van der Waals surface area contributed by atoms with Gasteiger partial charge in [0.05, 0.1) is 29.5 Å². The van der Waals surface area contributed by atoms with E-state index >= 15 is 0 Å². The van der Waals surface area contributed by atoms with E-state index in [4.69, 9.17) is 30.5 Å². The van der Waals surface area contributed by atoms with Crippen molar-refractivity contribution in [1.82, 2.24) is 0 Å². The number of sulfonamides is 1. The molecule has 3 rings (SSSR count). The molecular weight excluding hydrogens is 429 g/mol. The van der Waals surface area contributed by atoms with Crippen LogP contribution in [0.2, 0.25) is 5.02 Å². The van der Waals surface area contributed by atoms with Gasteiger partial charge in [0.2, 0.25) is 10.0 Å². The van der Waals surface area contributed by atoms with Gasteiger partial charge in [-0.25, -0.2) is 17.6 Å².